The molecule has 3 heteroatoms. The van der Waals surface area contributed by atoms with Gasteiger partial charge in [-0.3, -0.25) is 4.90 Å². The number of morpholine rings is 1. The largest absolute Gasteiger partial charge is 0.374 e. The Morgan fingerprint density at radius 1 is 1.58 bits per heavy atom. The summed E-state index contributed by atoms with van der Waals surface area (Å²) in [5, 5.41) is 0. The molecule has 1 atom stereocenters. The molecule has 0 bridgehead atoms. The highest BCUT2D eigenvalue weighted by Crippen LogP contribution is 2.04. The first-order chi connectivity index (χ1) is 5.86. The van der Waals surface area contributed by atoms with Crippen LogP contribution in [0, 0.1) is 0 Å². The van der Waals surface area contributed by atoms with Crippen LogP contribution in [-0.2, 0) is 4.74 Å². The summed E-state index contributed by atoms with van der Waals surface area (Å²) in [5.74, 6) is 0. The smallest absolute Gasteiger partial charge is 0.0824 e. The lowest BCUT2D eigenvalue weighted by molar-refractivity contribution is -0.0233. The minimum Gasteiger partial charge on any atom is -0.374 e. The van der Waals surface area contributed by atoms with E-state index in [4.69, 9.17) is 10.5 Å². The summed E-state index contributed by atoms with van der Waals surface area (Å²) < 4.78 is 5.47. The van der Waals surface area contributed by atoms with E-state index in [0.717, 1.165) is 19.7 Å². The van der Waals surface area contributed by atoms with E-state index in [9.17, 15) is 0 Å². The molecule has 1 fully saturated rings. The zero-order valence-electron chi connectivity index (χ0n) is 7.96. The number of nitrogens with two attached hydrogens (primary N) is 1. The zero-order valence-corrected chi connectivity index (χ0v) is 7.96. The van der Waals surface area contributed by atoms with Gasteiger partial charge < -0.3 is 10.5 Å². The third kappa shape index (κ3) is 3.09. The summed E-state index contributed by atoms with van der Waals surface area (Å²) >= 11 is 0. The summed E-state index contributed by atoms with van der Waals surface area (Å²) in [4.78, 5) is 2.45. The Hall–Kier alpha value is -0.120. The van der Waals surface area contributed by atoms with Crippen molar-refractivity contribution in [3.05, 3.63) is 0 Å². The van der Waals surface area contributed by atoms with Crippen LogP contribution in [-0.4, -0.2) is 43.8 Å². The molecule has 0 aromatic heterocycles. The maximum Gasteiger partial charge on any atom is 0.0824 e. The average Bonchev–Trinajstić information content (AvgIpc) is 2.15. The van der Waals surface area contributed by atoms with E-state index >= 15 is 0 Å². The van der Waals surface area contributed by atoms with Gasteiger partial charge in [0.1, 0.15) is 0 Å². The van der Waals surface area contributed by atoms with Crippen molar-refractivity contribution in [3.63, 3.8) is 0 Å². The van der Waals surface area contributed by atoms with Crippen molar-refractivity contribution < 1.29 is 4.74 Å². The molecular weight excluding hydrogens is 152 g/mol. The molecule has 0 aromatic carbocycles. The summed E-state index contributed by atoms with van der Waals surface area (Å²) in [6.45, 7) is 7.04. The molecule has 0 spiro atoms. The van der Waals surface area contributed by atoms with Crippen LogP contribution in [0.15, 0.2) is 0 Å². The summed E-state index contributed by atoms with van der Waals surface area (Å²) in [6.07, 6.45) is 2.83. The molecule has 2 N–H and O–H groups in total. The maximum atomic E-state index is 5.54. The summed E-state index contributed by atoms with van der Waals surface area (Å²) in [6, 6.07) is 0. The van der Waals surface area contributed by atoms with E-state index in [-0.39, 0.29) is 6.10 Å². The lowest BCUT2D eigenvalue weighted by atomic mass is 10.2. The van der Waals surface area contributed by atoms with Crippen LogP contribution in [0.5, 0.6) is 0 Å². The van der Waals surface area contributed by atoms with Gasteiger partial charge in [0.25, 0.3) is 0 Å². The molecule has 72 valence electrons. The molecule has 1 rings (SSSR count). The minimum atomic E-state index is 0.274. The first kappa shape index (κ1) is 9.96. The number of rotatable bonds is 4. The van der Waals surface area contributed by atoms with E-state index < -0.39 is 0 Å². The topological polar surface area (TPSA) is 38.5 Å². The van der Waals surface area contributed by atoms with Crippen LogP contribution in [0.3, 0.4) is 0 Å². The number of nitrogens with zero attached hydrogens (tertiary/aromatic N) is 1. The standard InChI is InChI=1S/C9H20N2O/c1-2-3-4-11-5-6-12-9(7-10)8-11/h9H,2-8,10H2,1H3. The normalized spacial score (nSPS) is 26.0. The number of hydrogen-bond acceptors (Lipinski definition) is 3. The Bertz CT molecular complexity index is 119. The minimum absolute atomic E-state index is 0.274. The number of unbranched alkanes of at least 4 members (excludes halogenated alkanes) is 1. The fourth-order valence-corrected chi connectivity index (χ4v) is 1.51. The number of hydrogen-bond donors (Lipinski definition) is 1. The highest BCUT2D eigenvalue weighted by Gasteiger charge is 2.17. The SMILES string of the molecule is CCCCN1CCOC(CN)C1. The van der Waals surface area contributed by atoms with Gasteiger partial charge in [0.15, 0.2) is 0 Å². The fourth-order valence-electron chi connectivity index (χ4n) is 1.51. The van der Waals surface area contributed by atoms with Gasteiger partial charge in [0.2, 0.25) is 0 Å². The third-order valence-electron chi connectivity index (χ3n) is 2.31. The molecule has 1 aliphatic rings. The first-order valence-electron chi connectivity index (χ1n) is 4.90. The lowest BCUT2D eigenvalue weighted by Gasteiger charge is -2.32. The Morgan fingerprint density at radius 3 is 3.08 bits per heavy atom. The van der Waals surface area contributed by atoms with Crippen molar-refractivity contribution in [2.45, 2.75) is 25.9 Å². The Balaban J connectivity index is 2.16. The molecule has 0 saturated carbocycles. The van der Waals surface area contributed by atoms with Gasteiger partial charge in [0, 0.05) is 19.6 Å². The first-order valence-corrected chi connectivity index (χ1v) is 4.90. The molecule has 1 aliphatic heterocycles. The van der Waals surface area contributed by atoms with E-state index in [0.29, 0.717) is 6.54 Å². The van der Waals surface area contributed by atoms with Gasteiger partial charge in [-0.2, -0.15) is 0 Å². The van der Waals surface area contributed by atoms with Crippen LogP contribution >= 0.6 is 0 Å². The molecule has 0 amide bonds. The molecule has 12 heavy (non-hydrogen) atoms. The number of ether oxygens (including phenoxy) is 1. The van der Waals surface area contributed by atoms with Crippen LogP contribution in [0.25, 0.3) is 0 Å². The summed E-state index contributed by atoms with van der Waals surface area (Å²) in [5.41, 5.74) is 5.54. The monoisotopic (exact) mass is 172 g/mol. The molecule has 3 nitrogen and oxygen atoms in total. The van der Waals surface area contributed by atoms with E-state index in [1.807, 2.05) is 0 Å². The highest BCUT2D eigenvalue weighted by atomic mass is 16.5. The van der Waals surface area contributed by atoms with Crippen LogP contribution in [0.4, 0.5) is 0 Å². The lowest BCUT2D eigenvalue weighted by Crippen LogP contribution is -2.45. The van der Waals surface area contributed by atoms with Crippen molar-refractivity contribution in [2.75, 3.05) is 32.8 Å². The highest BCUT2D eigenvalue weighted by molar-refractivity contribution is 4.71. The van der Waals surface area contributed by atoms with Gasteiger partial charge in [0.05, 0.1) is 12.7 Å². The Kier molecular flexibility index (Phi) is 4.58. The van der Waals surface area contributed by atoms with Crippen molar-refractivity contribution >= 4 is 0 Å². The Morgan fingerprint density at radius 2 is 2.42 bits per heavy atom. The average molecular weight is 172 g/mol. The second kappa shape index (κ2) is 5.51. The Labute approximate surface area is 74.9 Å². The van der Waals surface area contributed by atoms with Gasteiger partial charge in [-0.1, -0.05) is 13.3 Å². The van der Waals surface area contributed by atoms with Crippen molar-refractivity contribution in [2.24, 2.45) is 5.73 Å². The predicted octanol–water partition coefficient (Wildman–Crippen LogP) is 0.446. The molecule has 0 aliphatic carbocycles. The third-order valence-corrected chi connectivity index (χ3v) is 2.31. The van der Waals surface area contributed by atoms with E-state index in [1.54, 1.807) is 0 Å². The second-order valence-corrected chi connectivity index (χ2v) is 3.38. The molecule has 1 unspecified atom stereocenters. The predicted molar refractivity (Wildman–Crippen MR) is 50.1 cm³/mol. The van der Waals surface area contributed by atoms with Crippen molar-refractivity contribution in [3.8, 4) is 0 Å². The quantitative estimate of drug-likeness (QED) is 0.669. The maximum absolute atomic E-state index is 5.54. The van der Waals surface area contributed by atoms with Gasteiger partial charge >= 0.3 is 0 Å². The van der Waals surface area contributed by atoms with E-state index in [2.05, 4.69) is 11.8 Å². The molecule has 1 heterocycles. The van der Waals surface area contributed by atoms with Crippen LogP contribution in [0.2, 0.25) is 0 Å². The van der Waals surface area contributed by atoms with E-state index in [1.165, 1.54) is 19.4 Å². The van der Waals surface area contributed by atoms with Crippen LogP contribution in [0.1, 0.15) is 19.8 Å². The molecular formula is C9H20N2O. The van der Waals surface area contributed by atoms with Gasteiger partial charge in [-0.15, -0.1) is 0 Å². The summed E-state index contributed by atoms with van der Waals surface area (Å²) in [7, 11) is 0. The molecule has 0 aromatic rings. The fraction of sp³-hybridized carbons (Fsp3) is 1.00. The zero-order chi connectivity index (χ0) is 8.81. The van der Waals surface area contributed by atoms with Crippen LogP contribution < -0.4 is 5.73 Å². The molecule has 1 saturated heterocycles. The van der Waals surface area contributed by atoms with Gasteiger partial charge in [-0.05, 0) is 13.0 Å². The molecule has 0 radical (unpaired) electrons. The second-order valence-electron chi connectivity index (χ2n) is 3.38. The van der Waals surface area contributed by atoms with Crippen molar-refractivity contribution in [1.82, 2.24) is 4.90 Å². The van der Waals surface area contributed by atoms with Gasteiger partial charge in [-0.25, -0.2) is 0 Å². The van der Waals surface area contributed by atoms with Crippen molar-refractivity contribution in [1.29, 1.82) is 0 Å².